The minimum atomic E-state index is -1.22. The zero-order valence-corrected chi connectivity index (χ0v) is 24.9. The lowest BCUT2D eigenvalue weighted by atomic mass is 10.0. The Morgan fingerprint density at radius 1 is 1.07 bits per heavy atom. The van der Waals surface area contributed by atoms with E-state index in [1.165, 1.54) is 28.0 Å². The number of ether oxygens (including phenoxy) is 2. The molecule has 5 rings (SSSR count). The third-order valence-corrected chi connectivity index (χ3v) is 9.05. The first-order chi connectivity index (χ1) is 19.7. The zero-order chi connectivity index (χ0) is 29.1. The van der Waals surface area contributed by atoms with Crippen LogP contribution in [-0.4, -0.2) is 51.6 Å². The van der Waals surface area contributed by atoms with Crippen molar-refractivity contribution in [2.45, 2.75) is 17.8 Å². The summed E-state index contributed by atoms with van der Waals surface area (Å²) in [6.45, 7) is 0.0604. The van der Waals surface area contributed by atoms with Crippen molar-refractivity contribution in [3.8, 4) is 17.2 Å². The normalized spacial score (nSPS) is 18.2. The van der Waals surface area contributed by atoms with Gasteiger partial charge in [0.15, 0.2) is 11.5 Å². The maximum absolute atomic E-state index is 12.9. The first kappa shape index (κ1) is 29.3. The van der Waals surface area contributed by atoms with E-state index in [0.29, 0.717) is 43.6 Å². The first-order valence-electron chi connectivity index (χ1n) is 12.2. The number of carbonyl (C=O) groups excluding carboxylic acids is 2. The molecule has 3 heterocycles. The number of aliphatic carboxylic acids is 1. The summed E-state index contributed by atoms with van der Waals surface area (Å²) in [5.41, 5.74) is 0.345. The molecule has 1 fully saturated rings. The summed E-state index contributed by atoms with van der Waals surface area (Å²) >= 11 is 21.2. The number of carboxylic acid groups (broad SMARTS) is 1. The van der Waals surface area contributed by atoms with Gasteiger partial charge in [-0.05, 0) is 53.4 Å². The Hall–Kier alpha value is -3.15. The predicted molar refractivity (Wildman–Crippen MR) is 160 cm³/mol. The number of fused-ring (bicyclic) bond motifs is 1. The van der Waals surface area contributed by atoms with Crippen LogP contribution in [0.5, 0.6) is 17.2 Å². The number of carbonyl (C=O) groups is 3. The number of nitrogens with zero attached hydrogens (tertiary/aromatic N) is 1. The number of allylic oxidation sites excluding steroid dienone is 1. The standard InChI is InChI=1S/C28H21Cl3N2O6S2/c29-16-5-7-20(19(31)11-16)39-21-8-6-17(30)12-22(21)38-9-1-3-15-14-41-27-24(26(35)33(27)25(15)28(36)37)32-23(34)13-18-4-2-10-40-18/h1-8,10-12,24,27H,9,13-14H2,(H,32,34)(H,36,37)/b3-1+/t24-,27-/m1/s1. The van der Waals surface area contributed by atoms with Crippen LogP contribution in [0.3, 0.4) is 0 Å². The van der Waals surface area contributed by atoms with Crippen LogP contribution in [-0.2, 0) is 20.8 Å². The summed E-state index contributed by atoms with van der Waals surface area (Å²) in [4.78, 5) is 39.5. The lowest BCUT2D eigenvalue weighted by molar-refractivity contribution is -0.150. The third kappa shape index (κ3) is 6.68. The molecule has 0 bridgehead atoms. The van der Waals surface area contributed by atoms with Crippen molar-refractivity contribution in [2.75, 3.05) is 12.4 Å². The first-order valence-corrected chi connectivity index (χ1v) is 15.2. The van der Waals surface area contributed by atoms with Crippen LogP contribution < -0.4 is 14.8 Å². The maximum atomic E-state index is 12.9. The second-order valence-corrected chi connectivity index (χ2v) is 12.3. The van der Waals surface area contributed by atoms with Gasteiger partial charge < -0.3 is 19.9 Å². The molecule has 2 aromatic carbocycles. The fourth-order valence-electron chi connectivity index (χ4n) is 4.25. The van der Waals surface area contributed by atoms with Gasteiger partial charge in [-0.1, -0.05) is 46.9 Å². The molecule has 0 saturated carbocycles. The Morgan fingerprint density at radius 3 is 2.54 bits per heavy atom. The summed E-state index contributed by atoms with van der Waals surface area (Å²) in [6, 6.07) is 12.6. The van der Waals surface area contributed by atoms with Crippen LogP contribution in [0.25, 0.3) is 0 Å². The SMILES string of the molecule is O=C(Cc1cccs1)N[C@@H]1C(=O)N2C(C(=O)O)=C(/C=C/COc3cc(Cl)ccc3Oc3ccc(Cl)cc3Cl)CS[C@H]12. The van der Waals surface area contributed by atoms with Crippen LogP contribution in [0.4, 0.5) is 0 Å². The molecular weight excluding hydrogens is 631 g/mol. The number of amides is 2. The molecule has 1 aromatic heterocycles. The minimum Gasteiger partial charge on any atom is -0.486 e. The molecule has 0 spiro atoms. The number of benzene rings is 2. The number of nitrogens with one attached hydrogen (secondary N) is 1. The highest BCUT2D eigenvalue weighted by molar-refractivity contribution is 8.00. The Balaban J connectivity index is 1.24. The number of rotatable bonds is 10. The lowest BCUT2D eigenvalue weighted by Crippen LogP contribution is -2.70. The Bertz CT molecular complexity index is 1560. The highest BCUT2D eigenvalue weighted by atomic mass is 35.5. The Kier molecular flexibility index (Phi) is 9.16. The summed E-state index contributed by atoms with van der Waals surface area (Å²) in [6.07, 6.45) is 3.42. The van der Waals surface area contributed by atoms with Gasteiger partial charge in [0.1, 0.15) is 29.5 Å². The van der Waals surface area contributed by atoms with Gasteiger partial charge in [-0.2, -0.15) is 0 Å². The highest BCUT2D eigenvalue weighted by Gasteiger charge is 2.53. The Morgan fingerprint density at radius 2 is 1.83 bits per heavy atom. The van der Waals surface area contributed by atoms with E-state index < -0.39 is 23.3 Å². The summed E-state index contributed by atoms with van der Waals surface area (Å²) in [5.74, 6) is -0.531. The van der Waals surface area contributed by atoms with Gasteiger partial charge in [-0.3, -0.25) is 14.5 Å². The zero-order valence-electron chi connectivity index (χ0n) is 21.0. The van der Waals surface area contributed by atoms with Gasteiger partial charge in [0.05, 0.1) is 11.4 Å². The van der Waals surface area contributed by atoms with E-state index in [2.05, 4.69) is 5.32 Å². The second-order valence-electron chi connectivity index (χ2n) is 8.87. The van der Waals surface area contributed by atoms with Gasteiger partial charge in [0, 0.05) is 26.7 Å². The number of carboxylic acids is 1. The highest BCUT2D eigenvalue weighted by Crippen LogP contribution is 2.41. The number of halogens is 3. The molecule has 41 heavy (non-hydrogen) atoms. The lowest BCUT2D eigenvalue weighted by Gasteiger charge is -2.49. The number of hydrogen-bond acceptors (Lipinski definition) is 7. The van der Waals surface area contributed by atoms with Crippen molar-refractivity contribution < 1.29 is 29.0 Å². The number of hydrogen-bond donors (Lipinski definition) is 2. The van der Waals surface area contributed by atoms with E-state index in [1.807, 2.05) is 17.5 Å². The number of thioether (sulfide) groups is 1. The van der Waals surface area contributed by atoms with E-state index in [-0.39, 0.29) is 24.6 Å². The van der Waals surface area contributed by atoms with E-state index in [1.54, 1.807) is 48.6 Å². The van der Waals surface area contributed by atoms with Crippen molar-refractivity contribution >= 4 is 75.7 Å². The van der Waals surface area contributed by atoms with Crippen molar-refractivity contribution in [1.82, 2.24) is 10.2 Å². The third-order valence-electron chi connectivity index (χ3n) is 6.11. The number of thiophene rings is 1. The van der Waals surface area contributed by atoms with E-state index in [4.69, 9.17) is 44.3 Å². The van der Waals surface area contributed by atoms with Crippen molar-refractivity contribution in [3.63, 3.8) is 0 Å². The van der Waals surface area contributed by atoms with Gasteiger partial charge in [-0.15, -0.1) is 23.1 Å². The second kappa shape index (κ2) is 12.8. The Labute approximate surface area is 258 Å². The van der Waals surface area contributed by atoms with Crippen LogP contribution in [0.1, 0.15) is 4.88 Å². The van der Waals surface area contributed by atoms with Crippen molar-refractivity contribution in [2.24, 2.45) is 0 Å². The molecule has 2 N–H and O–H groups in total. The average molecular weight is 652 g/mol. The van der Waals surface area contributed by atoms with E-state index in [0.717, 1.165) is 4.88 Å². The summed E-state index contributed by atoms with van der Waals surface area (Å²) in [5, 5.41) is 15.3. The van der Waals surface area contributed by atoms with Crippen LogP contribution in [0.2, 0.25) is 15.1 Å². The fraction of sp³-hybridized carbons (Fsp3) is 0.179. The number of β-lactam (4-membered cyclic amide) rings is 1. The average Bonchev–Trinajstić information content (AvgIpc) is 3.44. The van der Waals surface area contributed by atoms with Crippen LogP contribution in [0, 0.1) is 0 Å². The molecule has 2 aliphatic heterocycles. The molecule has 0 unspecified atom stereocenters. The van der Waals surface area contributed by atoms with Crippen LogP contribution >= 0.6 is 57.9 Å². The molecule has 8 nitrogen and oxygen atoms in total. The minimum absolute atomic E-state index is 0.0604. The van der Waals surface area contributed by atoms with E-state index in [9.17, 15) is 19.5 Å². The molecule has 2 aliphatic rings. The molecule has 2 amide bonds. The predicted octanol–water partition coefficient (Wildman–Crippen LogP) is 6.42. The molecule has 212 valence electrons. The molecule has 1 saturated heterocycles. The maximum Gasteiger partial charge on any atom is 0.352 e. The smallest absolute Gasteiger partial charge is 0.352 e. The molecular formula is C28H21Cl3N2O6S2. The topological polar surface area (TPSA) is 105 Å². The molecule has 2 atom stereocenters. The molecule has 0 aliphatic carbocycles. The van der Waals surface area contributed by atoms with Crippen LogP contribution in [0.15, 0.2) is 77.3 Å². The largest absolute Gasteiger partial charge is 0.486 e. The van der Waals surface area contributed by atoms with Gasteiger partial charge in [0.2, 0.25) is 5.91 Å². The van der Waals surface area contributed by atoms with Gasteiger partial charge in [0.25, 0.3) is 5.91 Å². The van der Waals surface area contributed by atoms with Gasteiger partial charge in [-0.25, -0.2) is 4.79 Å². The summed E-state index contributed by atoms with van der Waals surface area (Å²) < 4.78 is 11.8. The summed E-state index contributed by atoms with van der Waals surface area (Å²) in [7, 11) is 0. The molecule has 13 heteroatoms. The molecule has 3 aromatic rings. The molecule has 0 radical (unpaired) electrons. The fourth-order valence-corrected chi connectivity index (χ4v) is 6.88. The van der Waals surface area contributed by atoms with E-state index >= 15 is 0 Å². The van der Waals surface area contributed by atoms with Gasteiger partial charge >= 0.3 is 5.97 Å². The van der Waals surface area contributed by atoms with Crippen molar-refractivity contribution in [1.29, 1.82) is 0 Å². The monoisotopic (exact) mass is 650 g/mol. The quantitative estimate of drug-likeness (QED) is 0.244. The van der Waals surface area contributed by atoms with Crippen molar-refractivity contribution in [3.05, 3.63) is 97.3 Å².